The van der Waals surface area contributed by atoms with Crippen molar-refractivity contribution in [2.45, 2.75) is 57.7 Å². The number of aromatic amines is 1. The van der Waals surface area contributed by atoms with Gasteiger partial charge < -0.3 is 9.72 Å². The Bertz CT molecular complexity index is 876. The van der Waals surface area contributed by atoms with E-state index >= 15 is 0 Å². The number of halogens is 2. The maximum absolute atomic E-state index is 14.3. The fraction of sp³-hybridized carbons (Fsp3) is 0.500. The first-order valence-electron chi connectivity index (χ1n) is 9.24. The number of aromatic nitrogens is 2. The first-order valence-corrected chi connectivity index (χ1v) is 10.0. The van der Waals surface area contributed by atoms with Crippen LogP contribution in [0.5, 0.6) is 0 Å². The Morgan fingerprint density at radius 1 is 1.37 bits per heavy atom. The molecular formula is C20H23BrFN3O2. The highest BCUT2D eigenvalue weighted by atomic mass is 79.9. The van der Waals surface area contributed by atoms with Gasteiger partial charge in [0.1, 0.15) is 17.2 Å². The number of nitrogens with one attached hydrogen (secondary N) is 1. The molecule has 1 aliphatic heterocycles. The number of carbonyl (C=O) groups is 1. The molecule has 2 aromatic rings. The van der Waals surface area contributed by atoms with Crippen LogP contribution < -0.4 is 0 Å². The van der Waals surface area contributed by atoms with E-state index in [9.17, 15) is 9.18 Å². The van der Waals surface area contributed by atoms with Gasteiger partial charge in [-0.2, -0.15) is 0 Å². The van der Waals surface area contributed by atoms with Crippen LogP contribution in [0.4, 0.5) is 9.18 Å². The highest BCUT2D eigenvalue weighted by molar-refractivity contribution is 9.10. The van der Waals surface area contributed by atoms with E-state index in [1.807, 2.05) is 25.7 Å². The number of likely N-dealkylation sites (tertiary alicyclic amines) is 1. The zero-order valence-electron chi connectivity index (χ0n) is 15.6. The van der Waals surface area contributed by atoms with Crippen LogP contribution >= 0.6 is 15.9 Å². The lowest BCUT2D eigenvalue weighted by molar-refractivity contribution is 0.00620. The van der Waals surface area contributed by atoms with Gasteiger partial charge in [0.2, 0.25) is 0 Å². The van der Waals surface area contributed by atoms with Crippen molar-refractivity contribution in [1.82, 2.24) is 14.9 Å². The zero-order chi connectivity index (χ0) is 19.3. The molecule has 2 aliphatic rings. The summed E-state index contributed by atoms with van der Waals surface area (Å²) < 4.78 is 20.6. The van der Waals surface area contributed by atoms with E-state index in [0.717, 1.165) is 19.3 Å². The Morgan fingerprint density at radius 2 is 2.15 bits per heavy atom. The van der Waals surface area contributed by atoms with Crippen molar-refractivity contribution in [2.75, 3.05) is 0 Å². The van der Waals surface area contributed by atoms with Crippen molar-refractivity contribution in [1.29, 1.82) is 0 Å². The monoisotopic (exact) mass is 435 g/mol. The summed E-state index contributed by atoms with van der Waals surface area (Å²) in [5, 5.41) is 0. The molecule has 2 fully saturated rings. The third-order valence-corrected chi connectivity index (χ3v) is 5.78. The molecule has 2 heterocycles. The molecule has 1 amide bonds. The van der Waals surface area contributed by atoms with E-state index in [1.165, 1.54) is 6.07 Å². The highest BCUT2D eigenvalue weighted by Gasteiger charge is 2.51. The van der Waals surface area contributed by atoms with Crippen LogP contribution in [0.1, 0.15) is 51.9 Å². The number of nitrogens with zero attached hydrogens (tertiary/aromatic N) is 2. The van der Waals surface area contributed by atoms with Gasteiger partial charge in [-0.1, -0.05) is 15.9 Å². The Hall–Kier alpha value is -1.89. The van der Waals surface area contributed by atoms with Crippen molar-refractivity contribution in [3.63, 3.8) is 0 Å². The fourth-order valence-electron chi connectivity index (χ4n) is 4.25. The van der Waals surface area contributed by atoms with Crippen LogP contribution in [0, 0.1) is 11.7 Å². The number of amides is 1. The van der Waals surface area contributed by atoms with E-state index in [4.69, 9.17) is 4.74 Å². The number of hydrogen-bond donors (Lipinski definition) is 1. The number of fused-ring (bicyclic) bond motifs is 2. The smallest absolute Gasteiger partial charge is 0.411 e. The van der Waals surface area contributed by atoms with Crippen molar-refractivity contribution in [3.8, 4) is 11.3 Å². The van der Waals surface area contributed by atoms with Gasteiger partial charge in [-0.15, -0.1) is 0 Å². The first kappa shape index (κ1) is 18.5. The average Bonchev–Trinajstić information content (AvgIpc) is 3.28. The third-order valence-electron chi connectivity index (χ3n) is 5.29. The van der Waals surface area contributed by atoms with E-state index in [-0.39, 0.29) is 24.0 Å². The lowest BCUT2D eigenvalue weighted by Gasteiger charge is -2.35. The third kappa shape index (κ3) is 3.49. The Kier molecular flexibility index (Phi) is 4.53. The Labute approximate surface area is 166 Å². The summed E-state index contributed by atoms with van der Waals surface area (Å²) in [6.45, 7) is 5.61. The van der Waals surface area contributed by atoms with Gasteiger partial charge in [0.25, 0.3) is 0 Å². The molecule has 2 unspecified atom stereocenters. The number of ether oxygens (including phenoxy) is 1. The molecule has 27 heavy (non-hydrogen) atoms. The second-order valence-corrected chi connectivity index (χ2v) is 9.28. The number of imidazole rings is 1. The van der Waals surface area contributed by atoms with E-state index in [1.54, 1.807) is 18.3 Å². The van der Waals surface area contributed by atoms with Crippen LogP contribution in [0.25, 0.3) is 11.3 Å². The van der Waals surface area contributed by atoms with Crippen LogP contribution in [-0.4, -0.2) is 32.6 Å². The van der Waals surface area contributed by atoms with Gasteiger partial charge in [-0.25, -0.2) is 14.2 Å². The molecule has 0 spiro atoms. The molecule has 3 atom stereocenters. The topological polar surface area (TPSA) is 58.2 Å². The molecule has 1 N–H and O–H groups in total. The molecule has 1 saturated carbocycles. The number of rotatable bonds is 2. The minimum absolute atomic E-state index is 0.147. The molecule has 5 nitrogen and oxygen atoms in total. The summed E-state index contributed by atoms with van der Waals surface area (Å²) in [6.07, 6.45) is 4.37. The van der Waals surface area contributed by atoms with Crippen LogP contribution in [0.15, 0.2) is 28.9 Å². The average molecular weight is 436 g/mol. The van der Waals surface area contributed by atoms with E-state index in [0.29, 0.717) is 27.5 Å². The van der Waals surface area contributed by atoms with Gasteiger partial charge in [0.05, 0.1) is 17.9 Å². The lowest BCUT2D eigenvalue weighted by Crippen LogP contribution is -2.43. The zero-order valence-corrected chi connectivity index (χ0v) is 17.2. The van der Waals surface area contributed by atoms with Gasteiger partial charge in [0.15, 0.2) is 0 Å². The van der Waals surface area contributed by atoms with Crippen molar-refractivity contribution < 1.29 is 13.9 Å². The largest absolute Gasteiger partial charge is 0.444 e. The Balaban J connectivity index is 1.64. The maximum atomic E-state index is 14.3. The van der Waals surface area contributed by atoms with Crippen LogP contribution in [0.2, 0.25) is 0 Å². The first-order chi connectivity index (χ1) is 12.7. The molecule has 144 valence electrons. The second-order valence-electron chi connectivity index (χ2n) is 8.37. The lowest BCUT2D eigenvalue weighted by atomic mass is 9.98. The van der Waals surface area contributed by atoms with Gasteiger partial charge >= 0.3 is 6.09 Å². The summed E-state index contributed by atoms with van der Waals surface area (Å²) >= 11 is 3.27. The normalized spacial score (nSPS) is 24.5. The van der Waals surface area contributed by atoms with Crippen LogP contribution in [0.3, 0.4) is 0 Å². The SMILES string of the molecule is CC(C)(C)OC(=O)N1C(c2ncc(-c3ccc(Br)cc3F)[nH]2)C2CC[C@@H]1C2. The summed E-state index contributed by atoms with van der Waals surface area (Å²) in [6, 6.07) is 4.98. The molecule has 7 heteroatoms. The fourth-order valence-corrected chi connectivity index (χ4v) is 4.58. The van der Waals surface area contributed by atoms with Gasteiger partial charge in [0, 0.05) is 16.1 Å². The molecular weight excluding hydrogens is 413 g/mol. The number of carbonyl (C=O) groups excluding carboxylic acids is 1. The molecule has 1 aliphatic carbocycles. The predicted molar refractivity (Wildman–Crippen MR) is 104 cm³/mol. The van der Waals surface area contributed by atoms with Crippen molar-refractivity contribution in [3.05, 3.63) is 40.5 Å². The standard InChI is InChI=1S/C20H23BrFN3O2/c1-20(2,3)27-19(26)25-13-6-4-11(8-13)17(25)18-23-10-16(24-18)14-7-5-12(21)9-15(14)22/h5,7,9-11,13,17H,4,6,8H2,1-3H3,(H,23,24)/t11?,13-,17?/m1/s1. The summed E-state index contributed by atoms with van der Waals surface area (Å²) in [7, 11) is 0. The number of H-pyrrole nitrogens is 1. The highest BCUT2D eigenvalue weighted by Crippen LogP contribution is 2.50. The quantitative estimate of drug-likeness (QED) is 0.682. The van der Waals surface area contributed by atoms with Gasteiger partial charge in [-0.05, 0) is 64.2 Å². The number of benzene rings is 1. The maximum Gasteiger partial charge on any atom is 0.411 e. The van der Waals surface area contributed by atoms with Crippen molar-refractivity contribution >= 4 is 22.0 Å². The molecule has 1 aromatic carbocycles. The number of hydrogen-bond acceptors (Lipinski definition) is 3. The summed E-state index contributed by atoms with van der Waals surface area (Å²) in [4.78, 5) is 22.4. The molecule has 1 aromatic heterocycles. The predicted octanol–water partition coefficient (Wildman–Crippen LogP) is 5.44. The minimum Gasteiger partial charge on any atom is -0.444 e. The summed E-state index contributed by atoms with van der Waals surface area (Å²) in [5.41, 5.74) is 0.532. The Morgan fingerprint density at radius 3 is 2.85 bits per heavy atom. The van der Waals surface area contributed by atoms with Gasteiger partial charge in [-0.3, -0.25) is 4.90 Å². The second kappa shape index (κ2) is 6.62. The number of piperidine rings is 1. The minimum atomic E-state index is -0.543. The van der Waals surface area contributed by atoms with Crippen molar-refractivity contribution in [2.24, 2.45) is 5.92 Å². The summed E-state index contributed by atoms with van der Waals surface area (Å²) in [5.74, 6) is 0.734. The van der Waals surface area contributed by atoms with E-state index < -0.39 is 5.60 Å². The molecule has 2 bridgehead atoms. The van der Waals surface area contributed by atoms with Crippen LogP contribution in [-0.2, 0) is 4.74 Å². The molecule has 4 rings (SSSR count). The van der Waals surface area contributed by atoms with E-state index in [2.05, 4.69) is 25.9 Å². The molecule has 0 radical (unpaired) electrons. The molecule has 1 saturated heterocycles.